The summed E-state index contributed by atoms with van der Waals surface area (Å²) < 4.78 is 29.3. The SMILES string of the molecule is Cc1c(S(=O)(=O)CCOCCCl)ccnc1CN. The van der Waals surface area contributed by atoms with Crippen LogP contribution in [-0.4, -0.2) is 38.2 Å². The summed E-state index contributed by atoms with van der Waals surface area (Å²) in [6.45, 7) is 2.41. The van der Waals surface area contributed by atoms with Gasteiger partial charge in [-0.05, 0) is 18.6 Å². The summed E-state index contributed by atoms with van der Waals surface area (Å²) in [5.41, 5.74) is 6.71. The normalized spacial score (nSPS) is 11.7. The van der Waals surface area contributed by atoms with E-state index in [-0.39, 0.29) is 23.8 Å². The van der Waals surface area contributed by atoms with Crippen molar-refractivity contribution in [3.63, 3.8) is 0 Å². The molecular formula is C11H17ClN2O3S. The highest BCUT2D eigenvalue weighted by Gasteiger charge is 2.18. The van der Waals surface area contributed by atoms with E-state index in [4.69, 9.17) is 22.1 Å². The van der Waals surface area contributed by atoms with Gasteiger partial charge < -0.3 is 10.5 Å². The Balaban J connectivity index is 2.85. The van der Waals surface area contributed by atoms with Gasteiger partial charge in [0.2, 0.25) is 0 Å². The average Bonchev–Trinajstić information content (AvgIpc) is 2.35. The van der Waals surface area contributed by atoms with E-state index < -0.39 is 9.84 Å². The monoisotopic (exact) mass is 292 g/mol. The second-order valence-electron chi connectivity index (χ2n) is 3.71. The van der Waals surface area contributed by atoms with E-state index in [0.29, 0.717) is 23.7 Å². The minimum absolute atomic E-state index is 0.0707. The first-order valence-corrected chi connectivity index (χ1v) is 7.72. The van der Waals surface area contributed by atoms with Crippen LogP contribution in [0.3, 0.4) is 0 Å². The van der Waals surface area contributed by atoms with E-state index in [9.17, 15) is 8.42 Å². The van der Waals surface area contributed by atoms with Crippen LogP contribution in [-0.2, 0) is 21.1 Å². The van der Waals surface area contributed by atoms with Gasteiger partial charge in [0.25, 0.3) is 0 Å². The molecule has 0 unspecified atom stereocenters. The second kappa shape index (κ2) is 7.04. The van der Waals surface area contributed by atoms with Crippen molar-refractivity contribution in [2.45, 2.75) is 18.4 Å². The van der Waals surface area contributed by atoms with Crippen molar-refractivity contribution < 1.29 is 13.2 Å². The summed E-state index contributed by atoms with van der Waals surface area (Å²) in [5.74, 6) is 0.282. The summed E-state index contributed by atoms with van der Waals surface area (Å²) in [6.07, 6.45) is 1.46. The Morgan fingerprint density at radius 3 is 2.78 bits per heavy atom. The predicted octanol–water partition coefficient (Wildman–Crippen LogP) is 0.878. The standard InChI is InChI=1S/C11H17ClN2O3S/c1-9-10(8-13)14-4-2-11(9)18(15,16)7-6-17-5-3-12/h2,4H,3,5-8,13H2,1H3. The summed E-state index contributed by atoms with van der Waals surface area (Å²) in [4.78, 5) is 4.31. The fraction of sp³-hybridized carbons (Fsp3) is 0.545. The molecule has 102 valence electrons. The van der Waals surface area contributed by atoms with Crippen molar-refractivity contribution in [1.29, 1.82) is 0 Å². The Morgan fingerprint density at radius 2 is 2.17 bits per heavy atom. The molecular weight excluding hydrogens is 276 g/mol. The molecule has 2 N–H and O–H groups in total. The Kier molecular flexibility index (Phi) is 6.01. The third kappa shape index (κ3) is 3.91. The topological polar surface area (TPSA) is 82.3 Å². The van der Waals surface area contributed by atoms with Gasteiger partial charge in [0.05, 0.1) is 29.6 Å². The number of alkyl halides is 1. The highest BCUT2D eigenvalue weighted by Crippen LogP contribution is 2.18. The maximum atomic E-state index is 12.1. The summed E-state index contributed by atoms with van der Waals surface area (Å²) in [7, 11) is -3.37. The van der Waals surface area contributed by atoms with Gasteiger partial charge in [-0.2, -0.15) is 0 Å². The number of ether oxygens (including phenoxy) is 1. The van der Waals surface area contributed by atoms with E-state index in [1.807, 2.05) is 0 Å². The Hall–Kier alpha value is -0.690. The molecule has 0 fully saturated rings. The Bertz CT molecular complexity index is 491. The molecule has 0 atom stereocenters. The molecule has 1 heterocycles. The van der Waals surface area contributed by atoms with Crippen LogP contribution < -0.4 is 5.73 Å². The predicted molar refractivity (Wildman–Crippen MR) is 70.5 cm³/mol. The smallest absolute Gasteiger partial charge is 0.181 e. The van der Waals surface area contributed by atoms with Crippen molar-refractivity contribution >= 4 is 21.4 Å². The third-order valence-electron chi connectivity index (χ3n) is 2.51. The lowest BCUT2D eigenvalue weighted by molar-refractivity contribution is 0.165. The lowest BCUT2D eigenvalue weighted by Gasteiger charge is -2.10. The van der Waals surface area contributed by atoms with Crippen LogP contribution in [0.5, 0.6) is 0 Å². The molecule has 0 aliphatic heterocycles. The molecule has 0 radical (unpaired) electrons. The van der Waals surface area contributed by atoms with E-state index in [1.54, 1.807) is 6.92 Å². The highest BCUT2D eigenvalue weighted by molar-refractivity contribution is 7.91. The molecule has 7 heteroatoms. The minimum atomic E-state index is -3.37. The van der Waals surface area contributed by atoms with Crippen LogP contribution in [0.4, 0.5) is 0 Å². The lowest BCUT2D eigenvalue weighted by Crippen LogP contribution is -2.16. The van der Waals surface area contributed by atoms with E-state index in [1.165, 1.54) is 12.3 Å². The fourth-order valence-corrected chi connectivity index (χ4v) is 3.06. The largest absolute Gasteiger partial charge is 0.379 e. The van der Waals surface area contributed by atoms with E-state index >= 15 is 0 Å². The maximum absolute atomic E-state index is 12.1. The van der Waals surface area contributed by atoms with Crippen molar-refractivity contribution in [3.8, 4) is 0 Å². The van der Waals surface area contributed by atoms with Gasteiger partial charge in [0.1, 0.15) is 0 Å². The fourth-order valence-electron chi connectivity index (χ4n) is 1.54. The summed E-state index contributed by atoms with van der Waals surface area (Å²) in [5, 5.41) is 0. The molecule has 0 aliphatic carbocycles. The number of pyridine rings is 1. The molecule has 1 aromatic heterocycles. The molecule has 0 saturated heterocycles. The first-order chi connectivity index (χ1) is 8.53. The minimum Gasteiger partial charge on any atom is -0.379 e. The number of nitrogens with two attached hydrogens (primary N) is 1. The van der Waals surface area contributed by atoms with Gasteiger partial charge in [0.15, 0.2) is 9.84 Å². The molecule has 18 heavy (non-hydrogen) atoms. The molecule has 1 rings (SSSR count). The molecule has 0 amide bonds. The van der Waals surface area contributed by atoms with Crippen molar-refractivity contribution in [2.24, 2.45) is 5.73 Å². The number of sulfone groups is 1. The number of nitrogens with zero attached hydrogens (tertiary/aromatic N) is 1. The van der Waals surface area contributed by atoms with Crippen molar-refractivity contribution in [1.82, 2.24) is 4.98 Å². The zero-order chi connectivity index (χ0) is 13.6. The number of hydrogen-bond acceptors (Lipinski definition) is 5. The lowest BCUT2D eigenvalue weighted by atomic mass is 10.2. The zero-order valence-corrected chi connectivity index (χ0v) is 11.8. The van der Waals surface area contributed by atoms with E-state index in [0.717, 1.165) is 0 Å². The zero-order valence-electron chi connectivity index (χ0n) is 10.2. The average molecular weight is 293 g/mol. The molecule has 0 aliphatic rings. The first-order valence-electron chi connectivity index (χ1n) is 5.54. The molecule has 0 bridgehead atoms. The van der Waals surface area contributed by atoms with Gasteiger partial charge in [-0.1, -0.05) is 0 Å². The summed E-state index contributed by atoms with van der Waals surface area (Å²) in [6, 6.07) is 1.49. The van der Waals surface area contributed by atoms with Crippen molar-refractivity contribution in [3.05, 3.63) is 23.5 Å². The van der Waals surface area contributed by atoms with Crippen LogP contribution in [0.15, 0.2) is 17.2 Å². The molecule has 0 aromatic carbocycles. The Labute approximate surface area is 112 Å². The van der Waals surface area contributed by atoms with Crippen LogP contribution >= 0.6 is 11.6 Å². The van der Waals surface area contributed by atoms with Gasteiger partial charge in [-0.25, -0.2) is 8.42 Å². The van der Waals surface area contributed by atoms with Crippen LogP contribution in [0.25, 0.3) is 0 Å². The molecule has 1 aromatic rings. The maximum Gasteiger partial charge on any atom is 0.181 e. The molecule has 5 nitrogen and oxygen atoms in total. The quantitative estimate of drug-likeness (QED) is 0.596. The Morgan fingerprint density at radius 1 is 1.44 bits per heavy atom. The number of halogens is 1. The number of aromatic nitrogens is 1. The van der Waals surface area contributed by atoms with Gasteiger partial charge >= 0.3 is 0 Å². The number of hydrogen-bond donors (Lipinski definition) is 1. The summed E-state index contributed by atoms with van der Waals surface area (Å²) >= 11 is 5.44. The second-order valence-corrected chi connectivity index (χ2v) is 6.16. The first kappa shape index (κ1) is 15.4. The van der Waals surface area contributed by atoms with Gasteiger partial charge in [0, 0.05) is 18.6 Å². The molecule has 0 spiro atoms. The third-order valence-corrected chi connectivity index (χ3v) is 4.48. The number of rotatable bonds is 7. The molecule has 0 saturated carbocycles. The van der Waals surface area contributed by atoms with Crippen molar-refractivity contribution in [2.75, 3.05) is 24.8 Å². The van der Waals surface area contributed by atoms with Gasteiger partial charge in [-0.15, -0.1) is 11.6 Å². The highest BCUT2D eigenvalue weighted by atomic mass is 35.5. The van der Waals surface area contributed by atoms with Crippen LogP contribution in [0.1, 0.15) is 11.3 Å². The van der Waals surface area contributed by atoms with Crippen LogP contribution in [0, 0.1) is 6.92 Å². The van der Waals surface area contributed by atoms with E-state index in [2.05, 4.69) is 4.98 Å². The van der Waals surface area contributed by atoms with Gasteiger partial charge in [-0.3, -0.25) is 4.98 Å². The van der Waals surface area contributed by atoms with Crippen LogP contribution in [0.2, 0.25) is 0 Å².